The molecule has 6 nitrogen and oxygen atoms in total. The number of halogens is 3. The average Bonchev–Trinajstić information content (AvgIpc) is 2.95. The summed E-state index contributed by atoms with van der Waals surface area (Å²) in [5, 5.41) is 29.8. The van der Waals surface area contributed by atoms with E-state index in [1.165, 1.54) is 30.3 Å². The summed E-state index contributed by atoms with van der Waals surface area (Å²) in [6, 6.07) is 7.97. The Balaban J connectivity index is 2.07. The fourth-order valence-corrected chi connectivity index (χ4v) is 3.75. The van der Waals surface area contributed by atoms with Crippen molar-refractivity contribution >= 4 is 34.5 Å². The predicted molar refractivity (Wildman–Crippen MR) is 110 cm³/mol. The minimum atomic E-state index is -4.57. The molecule has 3 N–H and O–H groups in total. The molecule has 2 aromatic rings. The highest BCUT2D eigenvalue weighted by atomic mass is 32.2. The molecule has 3 rings (SSSR count). The SMILES string of the molecule is CCOC(=O)C1=C(O)/C(=C\c2cc(O)cc(O)c2)SC1=Nc1cccc(C(F)(F)F)c1. The number of ether oxygens (including phenoxy) is 1. The smallest absolute Gasteiger partial charge is 0.416 e. The van der Waals surface area contributed by atoms with Crippen LogP contribution in [0.3, 0.4) is 0 Å². The highest BCUT2D eigenvalue weighted by molar-refractivity contribution is 8.18. The number of carbonyl (C=O) groups is 1. The van der Waals surface area contributed by atoms with Gasteiger partial charge in [0.1, 0.15) is 27.9 Å². The largest absolute Gasteiger partial charge is 0.508 e. The Morgan fingerprint density at radius 2 is 1.81 bits per heavy atom. The van der Waals surface area contributed by atoms with Gasteiger partial charge in [-0.25, -0.2) is 9.79 Å². The number of aliphatic imine (C=N–C) groups is 1. The molecular formula is C21H16F3NO5S. The highest BCUT2D eigenvalue weighted by Crippen LogP contribution is 2.41. The molecule has 0 aromatic heterocycles. The molecule has 1 heterocycles. The number of esters is 1. The summed E-state index contributed by atoms with van der Waals surface area (Å²) in [6.45, 7) is 1.57. The van der Waals surface area contributed by atoms with Crippen molar-refractivity contribution in [3.05, 3.63) is 69.8 Å². The predicted octanol–water partition coefficient (Wildman–Crippen LogP) is 5.31. The number of thioether (sulfide) groups is 1. The maximum Gasteiger partial charge on any atom is 0.416 e. The highest BCUT2D eigenvalue weighted by Gasteiger charge is 2.34. The van der Waals surface area contributed by atoms with Gasteiger partial charge in [-0.1, -0.05) is 17.8 Å². The Morgan fingerprint density at radius 3 is 2.42 bits per heavy atom. The summed E-state index contributed by atoms with van der Waals surface area (Å²) >= 11 is 0.837. The molecule has 0 aliphatic carbocycles. The Morgan fingerprint density at radius 1 is 1.13 bits per heavy atom. The Kier molecular flexibility index (Phi) is 6.30. The first-order valence-electron chi connectivity index (χ1n) is 8.88. The quantitative estimate of drug-likeness (QED) is 0.545. The van der Waals surface area contributed by atoms with Crippen LogP contribution in [0.4, 0.5) is 18.9 Å². The number of aliphatic hydroxyl groups excluding tert-OH is 1. The maximum absolute atomic E-state index is 13.0. The van der Waals surface area contributed by atoms with Gasteiger partial charge in [0.2, 0.25) is 0 Å². The molecule has 0 amide bonds. The van der Waals surface area contributed by atoms with Gasteiger partial charge in [-0.15, -0.1) is 0 Å². The van der Waals surface area contributed by atoms with Crippen LogP contribution in [0.2, 0.25) is 0 Å². The van der Waals surface area contributed by atoms with Crippen LogP contribution in [0, 0.1) is 0 Å². The summed E-state index contributed by atoms with van der Waals surface area (Å²) in [7, 11) is 0. The Bertz CT molecular complexity index is 1100. The number of aliphatic hydroxyl groups is 1. The van der Waals surface area contributed by atoms with Crippen molar-refractivity contribution in [2.75, 3.05) is 6.61 Å². The molecule has 1 aliphatic rings. The number of hydrogen-bond donors (Lipinski definition) is 3. The molecule has 0 atom stereocenters. The van der Waals surface area contributed by atoms with Crippen LogP contribution in [0.25, 0.3) is 6.08 Å². The first kappa shape index (κ1) is 22.3. The van der Waals surface area contributed by atoms with Gasteiger partial charge in [0.25, 0.3) is 0 Å². The van der Waals surface area contributed by atoms with Crippen molar-refractivity contribution in [3.63, 3.8) is 0 Å². The fraction of sp³-hybridized carbons (Fsp3) is 0.143. The number of phenolic OH excluding ortho intramolecular Hbond substituents is 2. The van der Waals surface area contributed by atoms with Crippen LogP contribution in [0.1, 0.15) is 18.1 Å². The summed E-state index contributed by atoms with van der Waals surface area (Å²) in [4.78, 5) is 16.6. The average molecular weight is 451 g/mol. The van der Waals surface area contributed by atoms with Gasteiger partial charge >= 0.3 is 12.1 Å². The van der Waals surface area contributed by atoms with Crippen molar-refractivity contribution in [2.24, 2.45) is 4.99 Å². The number of carbonyl (C=O) groups excluding carboxylic acids is 1. The monoisotopic (exact) mass is 451 g/mol. The van der Waals surface area contributed by atoms with E-state index < -0.39 is 23.5 Å². The van der Waals surface area contributed by atoms with E-state index in [4.69, 9.17) is 4.74 Å². The van der Waals surface area contributed by atoms with E-state index in [2.05, 4.69) is 4.99 Å². The summed E-state index contributed by atoms with van der Waals surface area (Å²) in [5.41, 5.74) is -0.952. The molecule has 0 radical (unpaired) electrons. The topological polar surface area (TPSA) is 99.4 Å². The van der Waals surface area contributed by atoms with Crippen LogP contribution < -0.4 is 0 Å². The van der Waals surface area contributed by atoms with E-state index in [1.54, 1.807) is 6.92 Å². The number of rotatable bonds is 4. The third-order valence-corrected chi connectivity index (χ3v) is 5.02. The normalized spacial score (nSPS) is 16.9. The second-order valence-corrected chi connectivity index (χ2v) is 7.33. The van der Waals surface area contributed by atoms with Gasteiger partial charge < -0.3 is 20.1 Å². The van der Waals surface area contributed by atoms with Gasteiger partial charge in [-0.05, 0) is 48.9 Å². The van der Waals surface area contributed by atoms with Crippen LogP contribution in [-0.4, -0.2) is 32.9 Å². The van der Waals surface area contributed by atoms with Crippen LogP contribution in [-0.2, 0) is 15.7 Å². The summed E-state index contributed by atoms with van der Waals surface area (Å²) < 4.78 is 43.9. The lowest BCUT2D eigenvalue weighted by Gasteiger charge is -2.07. The molecule has 0 fully saturated rings. The van der Waals surface area contributed by atoms with E-state index >= 15 is 0 Å². The lowest BCUT2D eigenvalue weighted by molar-refractivity contribution is -0.138. The van der Waals surface area contributed by atoms with E-state index in [9.17, 15) is 33.3 Å². The molecule has 2 aromatic carbocycles. The molecule has 0 bridgehead atoms. The number of aromatic hydroxyl groups is 2. The molecule has 0 saturated heterocycles. The van der Waals surface area contributed by atoms with Crippen molar-refractivity contribution in [1.82, 2.24) is 0 Å². The standard InChI is InChI=1S/C21H16F3NO5S/c1-2-30-20(29)17-18(28)16(8-11-6-14(26)10-15(27)7-11)31-19(17)25-13-5-3-4-12(9-13)21(22,23)24/h3-10,26-28H,2H2,1H3/b16-8+,25-19?. The minimum absolute atomic E-state index is 0.0105. The van der Waals surface area contributed by atoms with E-state index in [-0.39, 0.29) is 39.3 Å². The third kappa shape index (κ3) is 5.21. The van der Waals surface area contributed by atoms with Gasteiger partial charge in [0.05, 0.1) is 22.8 Å². The van der Waals surface area contributed by atoms with Crippen molar-refractivity contribution < 1.29 is 38.0 Å². The van der Waals surface area contributed by atoms with Crippen LogP contribution >= 0.6 is 11.8 Å². The number of hydrogen-bond acceptors (Lipinski definition) is 7. The molecule has 10 heteroatoms. The van der Waals surface area contributed by atoms with Crippen molar-refractivity contribution in [2.45, 2.75) is 13.1 Å². The molecule has 31 heavy (non-hydrogen) atoms. The Labute approximate surface area is 179 Å². The second kappa shape index (κ2) is 8.76. The zero-order valence-corrected chi connectivity index (χ0v) is 16.8. The van der Waals surface area contributed by atoms with E-state index in [0.717, 1.165) is 30.0 Å². The molecule has 1 aliphatic heterocycles. The number of alkyl halides is 3. The van der Waals surface area contributed by atoms with Gasteiger partial charge in [-0.2, -0.15) is 13.2 Å². The number of phenols is 2. The van der Waals surface area contributed by atoms with E-state index in [0.29, 0.717) is 5.56 Å². The third-order valence-electron chi connectivity index (χ3n) is 4.00. The van der Waals surface area contributed by atoms with E-state index in [1.807, 2.05) is 0 Å². The lowest BCUT2D eigenvalue weighted by Crippen LogP contribution is -2.13. The summed E-state index contributed by atoms with van der Waals surface area (Å²) in [6.07, 6.45) is -3.18. The van der Waals surface area contributed by atoms with Gasteiger partial charge in [0, 0.05) is 6.07 Å². The number of benzene rings is 2. The van der Waals surface area contributed by atoms with Crippen LogP contribution in [0.15, 0.2) is 63.7 Å². The first-order valence-corrected chi connectivity index (χ1v) is 9.69. The fourth-order valence-electron chi connectivity index (χ4n) is 2.71. The summed E-state index contributed by atoms with van der Waals surface area (Å²) in [5.74, 6) is -1.80. The first-order chi connectivity index (χ1) is 14.6. The molecule has 0 saturated carbocycles. The zero-order valence-electron chi connectivity index (χ0n) is 16.0. The second-order valence-electron chi connectivity index (χ2n) is 6.30. The molecule has 0 spiro atoms. The lowest BCUT2D eigenvalue weighted by atomic mass is 10.1. The van der Waals surface area contributed by atoms with Gasteiger partial charge in [-0.3, -0.25) is 0 Å². The van der Waals surface area contributed by atoms with Gasteiger partial charge in [0.15, 0.2) is 0 Å². The van der Waals surface area contributed by atoms with Crippen molar-refractivity contribution in [3.8, 4) is 11.5 Å². The molecule has 162 valence electrons. The van der Waals surface area contributed by atoms with Crippen molar-refractivity contribution in [1.29, 1.82) is 0 Å². The molecular weight excluding hydrogens is 435 g/mol. The Hall–Kier alpha value is -3.40. The number of nitrogens with zero attached hydrogens (tertiary/aromatic N) is 1. The minimum Gasteiger partial charge on any atom is -0.508 e. The maximum atomic E-state index is 13.0. The van der Waals surface area contributed by atoms with Crippen LogP contribution in [0.5, 0.6) is 11.5 Å². The zero-order chi connectivity index (χ0) is 22.8. The molecule has 0 unspecified atom stereocenters.